The lowest BCUT2D eigenvalue weighted by Gasteiger charge is -2.02. The van der Waals surface area contributed by atoms with Crippen LogP contribution in [-0.2, 0) is 4.79 Å². The van der Waals surface area contributed by atoms with Gasteiger partial charge in [0.15, 0.2) is 5.17 Å². The van der Waals surface area contributed by atoms with Crippen molar-refractivity contribution >= 4 is 57.8 Å². The van der Waals surface area contributed by atoms with Crippen LogP contribution in [0.15, 0.2) is 46.3 Å². The lowest BCUT2D eigenvalue weighted by Crippen LogP contribution is -2.19. The molecule has 0 aliphatic carbocycles. The smallest absolute Gasteiger partial charge is 0.264 e. The van der Waals surface area contributed by atoms with Crippen molar-refractivity contribution in [3.8, 4) is 5.75 Å². The minimum absolute atomic E-state index is 0.0816. The van der Waals surface area contributed by atoms with E-state index in [0.717, 1.165) is 5.56 Å². The number of benzene rings is 2. The Morgan fingerprint density at radius 1 is 1.21 bits per heavy atom. The molecule has 0 spiro atoms. The quantitative estimate of drug-likeness (QED) is 0.730. The zero-order valence-electron chi connectivity index (χ0n) is 12.5. The standard InChI is InChI=1S/C17H12Cl2N2O2S/c1-9-12(18)3-2-4-14(9)20-17-21-16(23)15(24-17)8-10-7-11(22)5-6-13(10)19/h2-8,22H,1H3,(H,20,21,23). The predicted octanol–water partition coefficient (Wildman–Crippen LogP) is 4.90. The Morgan fingerprint density at radius 3 is 2.79 bits per heavy atom. The Hall–Kier alpha value is -1.95. The summed E-state index contributed by atoms with van der Waals surface area (Å²) >= 11 is 13.4. The van der Waals surface area contributed by atoms with E-state index in [9.17, 15) is 9.90 Å². The maximum atomic E-state index is 12.1. The van der Waals surface area contributed by atoms with Crippen LogP contribution in [0.4, 0.5) is 5.69 Å². The van der Waals surface area contributed by atoms with E-state index in [1.165, 1.54) is 23.9 Å². The van der Waals surface area contributed by atoms with Crippen molar-refractivity contribution in [3.05, 3.63) is 62.5 Å². The SMILES string of the molecule is Cc1c(Cl)cccc1N=C1NC(=O)C(=Cc2cc(O)ccc2Cl)S1. The second-order valence-corrected chi connectivity index (χ2v) is 6.92. The number of nitrogens with one attached hydrogen (secondary N) is 1. The maximum Gasteiger partial charge on any atom is 0.264 e. The molecule has 2 aromatic carbocycles. The summed E-state index contributed by atoms with van der Waals surface area (Å²) in [5, 5.41) is 13.8. The van der Waals surface area contributed by atoms with Crippen LogP contribution in [0.2, 0.25) is 10.0 Å². The molecule has 3 rings (SSSR count). The monoisotopic (exact) mass is 378 g/mol. The Labute approximate surface area is 153 Å². The molecule has 2 aromatic rings. The summed E-state index contributed by atoms with van der Waals surface area (Å²) in [4.78, 5) is 17.0. The zero-order valence-corrected chi connectivity index (χ0v) is 14.8. The molecule has 122 valence electrons. The number of nitrogens with zero attached hydrogens (tertiary/aromatic N) is 1. The molecule has 0 atom stereocenters. The minimum Gasteiger partial charge on any atom is -0.508 e. The minimum atomic E-state index is -0.266. The lowest BCUT2D eigenvalue weighted by atomic mass is 10.2. The van der Waals surface area contributed by atoms with Crippen LogP contribution in [0.5, 0.6) is 5.75 Å². The van der Waals surface area contributed by atoms with Crippen LogP contribution in [-0.4, -0.2) is 16.2 Å². The molecular formula is C17H12Cl2N2O2S. The number of amides is 1. The van der Waals surface area contributed by atoms with E-state index in [2.05, 4.69) is 10.3 Å². The summed E-state index contributed by atoms with van der Waals surface area (Å²) in [6.45, 7) is 1.87. The van der Waals surface area contributed by atoms with Gasteiger partial charge >= 0.3 is 0 Å². The number of hydrogen-bond acceptors (Lipinski definition) is 4. The van der Waals surface area contributed by atoms with Gasteiger partial charge in [-0.15, -0.1) is 0 Å². The summed E-state index contributed by atoms with van der Waals surface area (Å²) in [7, 11) is 0. The van der Waals surface area contributed by atoms with E-state index in [4.69, 9.17) is 23.2 Å². The van der Waals surface area contributed by atoms with Crippen molar-refractivity contribution in [2.75, 3.05) is 0 Å². The molecule has 1 aliphatic heterocycles. The summed E-state index contributed by atoms with van der Waals surface area (Å²) in [5.41, 5.74) is 2.10. The Morgan fingerprint density at radius 2 is 2.00 bits per heavy atom. The average molecular weight is 379 g/mol. The molecule has 0 radical (unpaired) electrons. The fourth-order valence-corrected chi connectivity index (χ4v) is 3.26. The number of rotatable bonds is 2. The molecule has 1 aliphatic rings. The first kappa shape index (κ1) is 16.9. The zero-order chi connectivity index (χ0) is 17.3. The van der Waals surface area contributed by atoms with Crippen molar-refractivity contribution in [3.63, 3.8) is 0 Å². The molecule has 1 amide bonds. The van der Waals surface area contributed by atoms with Crippen LogP contribution < -0.4 is 5.32 Å². The first-order valence-electron chi connectivity index (χ1n) is 6.97. The van der Waals surface area contributed by atoms with Gasteiger partial charge in [-0.3, -0.25) is 4.79 Å². The van der Waals surface area contributed by atoms with E-state index in [-0.39, 0.29) is 11.7 Å². The molecule has 1 heterocycles. The Balaban J connectivity index is 1.91. The van der Waals surface area contributed by atoms with Gasteiger partial charge in [-0.1, -0.05) is 29.3 Å². The number of halogens is 2. The fourth-order valence-electron chi connectivity index (χ4n) is 2.09. The highest BCUT2D eigenvalue weighted by Gasteiger charge is 2.24. The van der Waals surface area contributed by atoms with E-state index < -0.39 is 0 Å². The third kappa shape index (κ3) is 3.59. The highest BCUT2D eigenvalue weighted by atomic mass is 35.5. The third-order valence-corrected chi connectivity index (χ3v) is 5.04. The number of thioether (sulfide) groups is 1. The molecule has 0 unspecified atom stereocenters. The number of phenolic OH excluding ortho intramolecular Hbond substituents is 1. The lowest BCUT2D eigenvalue weighted by molar-refractivity contribution is -0.115. The summed E-state index contributed by atoms with van der Waals surface area (Å²) in [6.07, 6.45) is 1.62. The predicted molar refractivity (Wildman–Crippen MR) is 100 cm³/mol. The molecule has 24 heavy (non-hydrogen) atoms. The van der Waals surface area contributed by atoms with Crippen LogP contribution in [0, 0.1) is 6.92 Å². The van der Waals surface area contributed by atoms with Gasteiger partial charge in [0.1, 0.15) is 5.75 Å². The highest BCUT2D eigenvalue weighted by molar-refractivity contribution is 8.18. The van der Waals surface area contributed by atoms with Crippen LogP contribution in [0.25, 0.3) is 6.08 Å². The maximum absolute atomic E-state index is 12.1. The van der Waals surface area contributed by atoms with Crippen molar-refractivity contribution < 1.29 is 9.90 Å². The van der Waals surface area contributed by atoms with Crippen LogP contribution >= 0.6 is 35.0 Å². The van der Waals surface area contributed by atoms with Gasteiger partial charge in [0, 0.05) is 10.0 Å². The molecular weight excluding hydrogens is 367 g/mol. The number of carbonyl (C=O) groups excluding carboxylic acids is 1. The topological polar surface area (TPSA) is 61.7 Å². The van der Waals surface area contributed by atoms with Gasteiger partial charge < -0.3 is 10.4 Å². The Bertz CT molecular complexity index is 894. The third-order valence-electron chi connectivity index (χ3n) is 3.38. The number of phenols is 1. The van der Waals surface area contributed by atoms with Crippen LogP contribution in [0.3, 0.4) is 0 Å². The van der Waals surface area contributed by atoms with Gasteiger partial charge in [0.25, 0.3) is 5.91 Å². The molecule has 7 heteroatoms. The Kier molecular flexibility index (Phi) is 4.85. The first-order chi connectivity index (χ1) is 11.4. The number of aliphatic imine (C=N–C) groups is 1. The number of aromatic hydroxyl groups is 1. The van der Waals surface area contributed by atoms with Crippen molar-refractivity contribution in [1.29, 1.82) is 0 Å². The summed E-state index contributed by atoms with van der Waals surface area (Å²) in [5.74, 6) is -0.184. The van der Waals surface area contributed by atoms with Crippen molar-refractivity contribution in [1.82, 2.24) is 5.32 Å². The highest BCUT2D eigenvalue weighted by Crippen LogP contribution is 2.32. The number of hydrogen-bond donors (Lipinski definition) is 2. The van der Waals surface area contributed by atoms with Crippen molar-refractivity contribution in [2.24, 2.45) is 4.99 Å². The molecule has 4 nitrogen and oxygen atoms in total. The van der Waals surface area contributed by atoms with E-state index in [1.54, 1.807) is 24.3 Å². The second-order valence-electron chi connectivity index (χ2n) is 5.07. The van der Waals surface area contributed by atoms with E-state index >= 15 is 0 Å². The molecule has 1 fully saturated rings. The molecule has 1 saturated heterocycles. The molecule has 0 bridgehead atoms. The molecule has 0 aromatic heterocycles. The fraction of sp³-hybridized carbons (Fsp3) is 0.0588. The van der Waals surface area contributed by atoms with Crippen molar-refractivity contribution in [2.45, 2.75) is 6.92 Å². The van der Waals surface area contributed by atoms with E-state index in [0.29, 0.717) is 31.4 Å². The second kappa shape index (κ2) is 6.89. The summed E-state index contributed by atoms with van der Waals surface area (Å²) < 4.78 is 0. The van der Waals surface area contributed by atoms with Gasteiger partial charge in [-0.25, -0.2) is 4.99 Å². The largest absolute Gasteiger partial charge is 0.508 e. The molecule has 2 N–H and O–H groups in total. The average Bonchev–Trinajstić information content (AvgIpc) is 2.87. The molecule has 0 saturated carbocycles. The van der Waals surface area contributed by atoms with Gasteiger partial charge in [-0.2, -0.15) is 0 Å². The van der Waals surface area contributed by atoms with Gasteiger partial charge in [0.05, 0.1) is 10.6 Å². The summed E-state index contributed by atoms with van der Waals surface area (Å²) in [6, 6.07) is 9.98. The number of amidine groups is 1. The van der Waals surface area contributed by atoms with Crippen LogP contribution in [0.1, 0.15) is 11.1 Å². The van der Waals surface area contributed by atoms with E-state index in [1.807, 2.05) is 13.0 Å². The van der Waals surface area contributed by atoms with Gasteiger partial charge in [-0.05, 0) is 66.2 Å². The first-order valence-corrected chi connectivity index (χ1v) is 8.54. The van der Waals surface area contributed by atoms with Gasteiger partial charge in [0.2, 0.25) is 0 Å². The normalized spacial score (nSPS) is 17.5. The number of carbonyl (C=O) groups is 1.